The number of imidazole rings is 1. The van der Waals surface area contributed by atoms with Gasteiger partial charge in [0.25, 0.3) is 0 Å². The molecule has 2 fully saturated rings. The topological polar surface area (TPSA) is 34.4 Å². The summed E-state index contributed by atoms with van der Waals surface area (Å²) in [5.74, 6) is 1.61. The minimum Gasteiger partial charge on any atom is -0.292 e. The summed E-state index contributed by atoms with van der Waals surface area (Å²) in [7, 11) is 0. The third-order valence-electron chi connectivity index (χ3n) is 4.70. The van der Waals surface area contributed by atoms with Crippen LogP contribution < -0.4 is 0 Å². The first-order chi connectivity index (χ1) is 9.83. The van der Waals surface area contributed by atoms with Crippen molar-refractivity contribution in [3.8, 4) is 0 Å². The second-order valence-electron chi connectivity index (χ2n) is 6.32. The van der Waals surface area contributed by atoms with E-state index in [-0.39, 0.29) is 0 Å². The van der Waals surface area contributed by atoms with Crippen molar-refractivity contribution in [2.24, 2.45) is 5.92 Å². The van der Waals surface area contributed by atoms with Gasteiger partial charge in [-0.15, -0.1) is 11.3 Å². The lowest BCUT2D eigenvalue weighted by Crippen LogP contribution is -2.14. The van der Waals surface area contributed by atoms with Crippen molar-refractivity contribution in [3.05, 3.63) is 23.1 Å². The number of carbonyl (C=O) groups excluding carboxylic acids is 1. The Labute approximate surface area is 123 Å². The molecule has 106 valence electrons. The van der Waals surface area contributed by atoms with Crippen LogP contribution in [-0.2, 0) is 0 Å². The van der Waals surface area contributed by atoms with E-state index in [2.05, 4.69) is 4.98 Å². The van der Waals surface area contributed by atoms with Crippen molar-refractivity contribution in [1.82, 2.24) is 9.38 Å². The lowest BCUT2D eigenvalue weighted by Gasteiger charge is -2.20. The average Bonchev–Trinajstić information content (AvgIpc) is 3.09. The zero-order valence-electron chi connectivity index (χ0n) is 11.7. The van der Waals surface area contributed by atoms with Crippen LogP contribution in [0.4, 0.5) is 0 Å². The first-order valence-electron chi connectivity index (χ1n) is 7.81. The number of Topliss-reactive ketones (excluding diaryl/α,β-unsaturated/α-hetero) is 1. The zero-order chi connectivity index (χ0) is 13.5. The molecule has 20 heavy (non-hydrogen) atoms. The summed E-state index contributed by atoms with van der Waals surface area (Å²) in [5, 5.41) is 0. The van der Waals surface area contributed by atoms with Gasteiger partial charge < -0.3 is 0 Å². The first kappa shape index (κ1) is 12.6. The number of rotatable bonds is 4. The van der Waals surface area contributed by atoms with Crippen LogP contribution in [-0.4, -0.2) is 15.2 Å². The number of thiazole rings is 1. The molecule has 0 bridgehead atoms. The van der Waals surface area contributed by atoms with Crippen LogP contribution in [0, 0.1) is 5.92 Å². The molecular formula is C16H20N2OS. The van der Waals surface area contributed by atoms with Crippen LogP contribution in [0.2, 0.25) is 0 Å². The highest BCUT2D eigenvalue weighted by molar-refractivity contribution is 7.17. The quantitative estimate of drug-likeness (QED) is 0.780. The molecule has 0 aromatic carbocycles. The Morgan fingerprint density at radius 2 is 2.05 bits per heavy atom. The number of fused-ring (bicyclic) bond motifs is 1. The molecule has 4 rings (SSSR count). The third-order valence-corrected chi connectivity index (χ3v) is 5.96. The molecule has 2 saturated carbocycles. The van der Waals surface area contributed by atoms with Gasteiger partial charge in [-0.2, -0.15) is 0 Å². The van der Waals surface area contributed by atoms with Gasteiger partial charge in [-0.05, 0) is 24.7 Å². The predicted molar refractivity (Wildman–Crippen MR) is 80.6 cm³/mol. The minimum absolute atomic E-state index is 0.350. The van der Waals surface area contributed by atoms with Gasteiger partial charge in [0.05, 0.1) is 6.20 Å². The van der Waals surface area contributed by atoms with Gasteiger partial charge >= 0.3 is 0 Å². The second-order valence-corrected chi connectivity index (χ2v) is 7.38. The van der Waals surface area contributed by atoms with E-state index in [1.807, 2.05) is 16.9 Å². The van der Waals surface area contributed by atoms with Crippen molar-refractivity contribution in [2.45, 2.75) is 57.3 Å². The fourth-order valence-electron chi connectivity index (χ4n) is 3.45. The lowest BCUT2D eigenvalue weighted by molar-refractivity contribution is 0.0943. The Morgan fingerprint density at radius 1 is 1.25 bits per heavy atom. The van der Waals surface area contributed by atoms with E-state index in [1.165, 1.54) is 49.8 Å². The molecule has 0 aliphatic heterocycles. The number of hydrogen-bond acceptors (Lipinski definition) is 3. The van der Waals surface area contributed by atoms with Crippen LogP contribution in [0.1, 0.15) is 72.7 Å². The maximum absolute atomic E-state index is 12.8. The lowest BCUT2D eigenvalue weighted by atomic mass is 9.85. The van der Waals surface area contributed by atoms with Crippen LogP contribution in [0.15, 0.2) is 12.5 Å². The molecule has 2 aromatic rings. The monoisotopic (exact) mass is 288 g/mol. The Morgan fingerprint density at radius 3 is 2.80 bits per heavy atom. The summed E-state index contributed by atoms with van der Waals surface area (Å²) in [6, 6.07) is 0. The van der Waals surface area contributed by atoms with Crippen molar-refractivity contribution < 1.29 is 4.79 Å². The molecule has 2 aliphatic carbocycles. The van der Waals surface area contributed by atoms with Gasteiger partial charge in [-0.1, -0.05) is 32.1 Å². The zero-order valence-corrected chi connectivity index (χ0v) is 12.5. The highest BCUT2D eigenvalue weighted by Crippen LogP contribution is 2.46. The highest BCUT2D eigenvalue weighted by atomic mass is 32.1. The van der Waals surface area contributed by atoms with E-state index in [1.54, 1.807) is 11.3 Å². The molecule has 0 atom stereocenters. The van der Waals surface area contributed by atoms with Gasteiger partial charge in [0, 0.05) is 11.3 Å². The van der Waals surface area contributed by atoms with Crippen LogP contribution in [0.5, 0.6) is 0 Å². The van der Waals surface area contributed by atoms with Crippen molar-refractivity contribution in [2.75, 3.05) is 0 Å². The molecule has 0 unspecified atom stereocenters. The summed E-state index contributed by atoms with van der Waals surface area (Å²) >= 11 is 1.77. The van der Waals surface area contributed by atoms with Gasteiger partial charge in [-0.3, -0.25) is 9.20 Å². The van der Waals surface area contributed by atoms with Gasteiger partial charge in [0.15, 0.2) is 5.78 Å². The molecule has 2 heterocycles. The number of nitrogens with zero attached hydrogens (tertiary/aromatic N) is 2. The molecule has 0 radical (unpaired) electrons. The molecule has 2 aromatic heterocycles. The van der Waals surface area contributed by atoms with Crippen LogP contribution in [0.3, 0.4) is 0 Å². The van der Waals surface area contributed by atoms with Gasteiger partial charge in [0.1, 0.15) is 16.9 Å². The van der Waals surface area contributed by atoms with Crippen LogP contribution in [0.25, 0.3) is 4.83 Å². The van der Waals surface area contributed by atoms with E-state index < -0.39 is 0 Å². The fraction of sp³-hybridized carbons (Fsp3) is 0.625. The fourth-order valence-corrected chi connectivity index (χ4v) is 4.74. The Kier molecular flexibility index (Phi) is 3.14. The smallest absolute Gasteiger partial charge is 0.181 e. The molecule has 0 saturated heterocycles. The number of hydrogen-bond donors (Lipinski definition) is 0. The largest absolute Gasteiger partial charge is 0.292 e. The van der Waals surface area contributed by atoms with Crippen molar-refractivity contribution in [1.29, 1.82) is 0 Å². The maximum atomic E-state index is 12.8. The molecule has 3 nitrogen and oxygen atoms in total. The van der Waals surface area contributed by atoms with E-state index in [9.17, 15) is 4.79 Å². The van der Waals surface area contributed by atoms with Gasteiger partial charge in [0.2, 0.25) is 0 Å². The molecule has 0 amide bonds. The average molecular weight is 288 g/mol. The highest BCUT2D eigenvalue weighted by Gasteiger charge is 2.32. The van der Waals surface area contributed by atoms with Crippen molar-refractivity contribution in [3.63, 3.8) is 0 Å². The Balaban J connectivity index is 1.63. The van der Waals surface area contributed by atoms with Crippen molar-refractivity contribution >= 4 is 22.0 Å². The molecule has 4 heteroatoms. The van der Waals surface area contributed by atoms with Gasteiger partial charge in [-0.25, -0.2) is 4.98 Å². The number of ketones is 1. The van der Waals surface area contributed by atoms with E-state index in [0.29, 0.717) is 17.6 Å². The molecule has 0 N–H and O–H groups in total. The summed E-state index contributed by atoms with van der Waals surface area (Å²) in [6.07, 6.45) is 13.4. The number of carbonyl (C=O) groups is 1. The second kappa shape index (κ2) is 4.99. The number of aromatic nitrogens is 2. The first-order valence-corrected chi connectivity index (χ1v) is 8.62. The van der Waals surface area contributed by atoms with E-state index in [4.69, 9.17) is 0 Å². The Hall–Kier alpha value is -1.16. The molecular weight excluding hydrogens is 268 g/mol. The Bertz CT molecular complexity index is 632. The SMILES string of the molecule is O=C(CC1CCCCC1)c1c(C2CC2)sc2cncn12. The summed E-state index contributed by atoms with van der Waals surface area (Å²) in [5.41, 5.74) is 0.954. The van der Waals surface area contributed by atoms with Crippen LogP contribution >= 0.6 is 11.3 Å². The minimum atomic E-state index is 0.350. The van der Waals surface area contributed by atoms with E-state index in [0.717, 1.165) is 16.9 Å². The predicted octanol–water partition coefficient (Wildman–Crippen LogP) is 4.43. The van der Waals surface area contributed by atoms with E-state index >= 15 is 0 Å². The molecule has 0 spiro atoms. The third kappa shape index (κ3) is 2.20. The summed E-state index contributed by atoms with van der Waals surface area (Å²) in [6.45, 7) is 0. The standard InChI is InChI=1S/C16H20N2OS/c19-13(8-11-4-2-1-3-5-11)15-16(12-6-7-12)20-14-9-17-10-18(14)15/h9-12H,1-8H2. The normalized spacial score (nSPS) is 20.6. The summed E-state index contributed by atoms with van der Waals surface area (Å²) in [4.78, 5) is 19.4. The maximum Gasteiger partial charge on any atom is 0.181 e. The molecule has 2 aliphatic rings. The summed E-state index contributed by atoms with van der Waals surface area (Å²) < 4.78 is 2.03.